The molecule has 170 valence electrons. The summed E-state index contributed by atoms with van der Waals surface area (Å²) in [6.07, 6.45) is 6.59. The minimum absolute atomic E-state index is 0.0289. The van der Waals surface area contributed by atoms with E-state index in [1.165, 1.54) is 13.3 Å². The van der Waals surface area contributed by atoms with Crippen LogP contribution in [0.2, 0.25) is 0 Å². The molecule has 2 fully saturated rings. The Hall–Kier alpha value is -3.36. The van der Waals surface area contributed by atoms with Crippen molar-refractivity contribution < 1.29 is 23.8 Å². The Balaban J connectivity index is 1.26. The van der Waals surface area contributed by atoms with Gasteiger partial charge in [0.25, 0.3) is 0 Å². The molecule has 1 N–H and O–H groups in total. The number of nitrogens with zero attached hydrogens (tertiary/aromatic N) is 3. The van der Waals surface area contributed by atoms with E-state index in [0.29, 0.717) is 24.1 Å². The normalized spacial score (nSPS) is 23.0. The van der Waals surface area contributed by atoms with Crippen LogP contribution in [0.1, 0.15) is 32.1 Å². The lowest BCUT2D eigenvalue weighted by Gasteiger charge is -2.29. The van der Waals surface area contributed by atoms with Gasteiger partial charge < -0.3 is 24.4 Å². The second-order valence-electron chi connectivity index (χ2n) is 8.11. The highest BCUT2D eigenvalue weighted by Gasteiger charge is 2.36. The zero-order chi connectivity index (χ0) is 22.5. The molecule has 2 heterocycles. The Bertz CT molecular complexity index is 961. The van der Waals surface area contributed by atoms with Gasteiger partial charge in [-0.2, -0.15) is 4.98 Å². The van der Waals surface area contributed by atoms with Gasteiger partial charge in [-0.05, 0) is 37.8 Å². The highest BCUT2D eigenvalue weighted by molar-refractivity contribution is 6.00. The van der Waals surface area contributed by atoms with Crippen molar-refractivity contribution in [2.24, 2.45) is 5.92 Å². The highest BCUT2D eigenvalue weighted by Crippen LogP contribution is 2.29. The van der Waals surface area contributed by atoms with Gasteiger partial charge in [0.15, 0.2) is 0 Å². The number of methoxy groups -OCH3 is 2. The van der Waals surface area contributed by atoms with Gasteiger partial charge in [0.2, 0.25) is 23.6 Å². The molecule has 1 aromatic heterocycles. The fourth-order valence-corrected chi connectivity index (χ4v) is 4.21. The van der Waals surface area contributed by atoms with Gasteiger partial charge in [0.05, 0.1) is 32.5 Å². The molecule has 1 atom stereocenters. The van der Waals surface area contributed by atoms with Crippen LogP contribution in [0, 0.1) is 5.92 Å². The van der Waals surface area contributed by atoms with Gasteiger partial charge in [-0.3, -0.25) is 14.6 Å². The summed E-state index contributed by atoms with van der Waals surface area (Å²) < 4.78 is 16.2. The molecule has 4 rings (SSSR count). The standard InChI is InChI=1S/C23H28N4O5/c1-30-19-5-3-4-17(11-19)27-14-15(10-22(27)28)23(29)25-16-6-8-18(9-7-16)32-21-13-24-12-20(26-21)31-2/h3-5,11-13,15-16,18H,6-10,14H2,1-2H3,(H,25,29). The summed E-state index contributed by atoms with van der Waals surface area (Å²) in [6.45, 7) is 0.380. The van der Waals surface area contributed by atoms with E-state index in [1.807, 2.05) is 24.3 Å². The van der Waals surface area contributed by atoms with Crippen molar-refractivity contribution in [3.63, 3.8) is 0 Å². The second-order valence-corrected chi connectivity index (χ2v) is 8.11. The van der Waals surface area contributed by atoms with Crippen LogP contribution in [-0.2, 0) is 9.59 Å². The lowest BCUT2D eigenvalue weighted by molar-refractivity contribution is -0.127. The third-order valence-corrected chi connectivity index (χ3v) is 5.97. The van der Waals surface area contributed by atoms with Crippen LogP contribution in [0.3, 0.4) is 0 Å². The number of hydrogen-bond donors (Lipinski definition) is 1. The van der Waals surface area contributed by atoms with Crippen LogP contribution < -0.4 is 24.4 Å². The van der Waals surface area contributed by atoms with Crippen molar-refractivity contribution in [2.75, 3.05) is 25.7 Å². The predicted octanol–water partition coefficient (Wildman–Crippen LogP) is 2.35. The van der Waals surface area contributed by atoms with Gasteiger partial charge in [0.1, 0.15) is 11.9 Å². The predicted molar refractivity (Wildman–Crippen MR) is 117 cm³/mol. The van der Waals surface area contributed by atoms with E-state index in [9.17, 15) is 9.59 Å². The molecule has 1 saturated carbocycles. The number of benzene rings is 1. The van der Waals surface area contributed by atoms with Gasteiger partial charge in [-0.15, -0.1) is 0 Å². The number of hydrogen-bond acceptors (Lipinski definition) is 7. The average Bonchev–Trinajstić information content (AvgIpc) is 3.22. The van der Waals surface area contributed by atoms with E-state index < -0.39 is 0 Å². The first-order valence-corrected chi connectivity index (χ1v) is 10.8. The van der Waals surface area contributed by atoms with E-state index in [4.69, 9.17) is 14.2 Å². The number of anilines is 1. The van der Waals surface area contributed by atoms with E-state index in [1.54, 1.807) is 18.2 Å². The van der Waals surface area contributed by atoms with Crippen LogP contribution in [0.15, 0.2) is 36.7 Å². The van der Waals surface area contributed by atoms with E-state index in [-0.39, 0.29) is 36.3 Å². The molecular weight excluding hydrogens is 412 g/mol. The van der Waals surface area contributed by atoms with Crippen LogP contribution in [0.4, 0.5) is 5.69 Å². The molecule has 1 aliphatic heterocycles. The van der Waals surface area contributed by atoms with E-state index in [2.05, 4.69) is 15.3 Å². The van der Waals surface area contributed by atoms with E-state index >= 15 is 0 Å². The lowest BCUT2D eigenvalue weighted by atomic mass is 9.92. The molecule has 2 aliphatic rings. The van der Waals surface area contributed by atoms with Gasteiger partial charge in [0, 0.05) is 30.8 Å². The monoisotopic (exact) mass is 440 g/mol. The number of ether oxygens (including phenoxy) is 3. The molecule has 1 aromatic carbocycles. The van der Waals surface area contributed by atoms with Crippen LogP contribution in [0.5, 0.6) is 17.5 Å². The fourth-order valence-electron chi connectivity index (χ4n) is 4.21. The maximum Gasteiger partial charge on any atom is 0.235 e. The zero-order valence-corrected chi connectivity index (χ0v) is 18.3. The summed E-state index contributed by atoms with van der Waals surface area (Å²) in [6, 6.07) is 7.42. The summed E-state index contributed by atoms with van der Waals surface area (Å²) in [5.41, 5.74) is 0.753. The summed E-state index contributed by atoms with van der Waals surface area (Å²) in [7, 11) is 3.13. The lowest BCUT2D eigenvalue weighted by Crippen LogP contribution is -2.43. The fraction of sp³-hybridized carbons (Fsp3) is 0.478. The van der Waals surface area contributed by atoms with Gasteiger partial charge >= 0.3 is 0 Å². The molecule has 32 heavy (non-hydrogen) atoms. The Kier molecular flexibility index (Phi) is 6.72. The number of rotatable bonds is 7. The number of amides is 2. The maximum atomic E-state index is 12.8. The summed E-state index contributed by atoms with van der Waals surface area (Å²) in [5.74, 6) is 1.08. The van der Waals surface area contributed by atoms with E-state index in [0.717, 1.165) is 31.4 Å². The molecule has 2 aromatic rings. The van der Waals surface area contributed by atoms with Crippen molar-refractivity contribution in [3.8, 4) is 17.5 Å². The van der Waals surface area contributed by atoms with Crippen molar-refractivity contribution in [3.05, 3.63) is 36.7 Å². The van der Waals surface area contributed by atoms with Crippen molar-refractivity contribution in [1.29, 1.82) is 0 Å². The van der Waals surface area contributed by atoms with Gasteiger partial charge in [-0.1, -0.05) is 6.07 Å². The van der Waals surface area contributed by atoms with Crippen LogP contribution >= 0.6 is 0 Å². The second kappa shape index (κ2) is 9.84. The average molecular weight is 441 g/mol. The quantitative estimate of drug-likeness (QED) is 0.705. The van der Waals surface area contributed by atoms with Crippen molar-refractivity contribution in [2.45, 2.75) is 44.2 Å². The first-order valence-electron chi connectivity index (χ1n) is 10.8. The van der Waals surface area contributed by atoms with Crippen molar-refractivity contribution >= 4 is 17.5 Å². The maximum absolute atomic E-state index is 12.8. The molecule has 0 radical (unpaired) electrons. The number of aromatic nitrogens is 2. The first kappa shape index (κ1) is 21.9. The van der Waals surface area contributed by atoms with Crippen LogP contribution in [0.25, 0.3) is 0 Å². The third kappa shape index (κ3) is 5.09. The first-order chi connectivity index (χ1) is 15.6. The number of carbonyl (C=O) groups is 2. The minimum Gasteiger partial charge on any atom is -0.497 e. The highest BCUT2D eigenvalue weighted by atomic mass is 16.5. The van der Waals surface area contributed by atoms with Crippen LogP contribution in [-0.4, -0.2) is 54.7 Å². The SMILES string of the molecule is COc1cccc(N2CC(C(=O)NC3CCC(Oc4cncc(OC)n4)CC3)CC2=O)c1. The summed E-state index contributed by atoms with van der Waals surface area (Å²) >= 11 is 0. The molecular formula is C23H28N4O5. The van der Waals surface area contributed by atoms with Crippen molar-refractivity contribution in [1.82, 2.24) is 15.3 Å². The Morgan fingerprint density at radius 1 is 1.09 bits per heavy atom. The smallest absolute Gasteiger partial charge is 0.235 e. The molecule has 0 spiro atoms. The molecule has 1 unspecified atom stereocenters. The molecule has 0 bridgehead atoms. The summed E-state index contributed by atoms with van der Waals surface area (Å²) in [4.78, 5) is 35.3. The Labute approximate surface area is 187 Å². The minimum atomic E-state index is -0.352. The topological polar surface area (TPSA) is 103 Å². The largest absolute Gasteiger partial charge is 0.497 e. The molecule has 1 saturated heterocycles. The van der Waals surface area contributed by atoms with Gasteiger partial charge in [-0.25, -0.2) is 0 Å². The summed E-state index contributed by atoms with van der Waals surface area (Å²) in [5, 5.41) is 3.13. The Morgan fingerprint density at radius 2 is 1.88 bits per heavy atom. The Morgan fingerprint density at radius 3 is 2.62 bits per heavy atom. The molecule has 1 aliphatic carbocycles. The third-order valence-electron chi connectivity index (χ3n) is 5.97. The molecule has 9 nitrogen and oxygen atoms in total. The number of carbonyl (C=O) groups excluding carboxylic acids is 2. The molecule has 2 amide bonds. The number of nitrogens with one attached hydrogen (secondary N) is 1. The molecule has 9 heteroatoms. The zero-order valence-electron chi connectivity index (χ0n) is 18.3.